The van der Waals surface area contributed by atoms with Crippen LogP contribution < -0.4 is 0 Å². The molecule has 0 aliphatic carbocycles. The Morgan fingerprint density at radius 2 is 2.14 bits per heavy atom. The summed E-state index contributed by atoms with van der Waals surface area (Å²) in [5.74, 6) is 0. The lowest BCUT2D eigenvalue weighted by Crippen LogP contribution is -2.33. The molecule has 76 valence electrons. The summed E-state index contributed by atoms with van der Waals surface area (Å²) in [7, 11) is 0. The summed E-state index contributed by atoms with van der Waals surface area (Å²) < 4.78 is 0. The predicted molar refractivity (Wildman–Crippen MR) is 61.5 cm³/mol. The Balaban J connectivity index is 1.87. The number of hydrogen-bond donors (Lipinski definition) is 0. The van der Waals surface area contributed by atoms with Crippen LogP contribution >= 0.6 is 15.9 Å². The van der Waals surface area contributed by atoms with E-state index in [1.165, 1.54) is 31.6 Å². The third-order valence-corrected chi connectivity index (χ3v) is 3.54. The van der Waals surface area contributed by atoms with Crippen LogP contribution in [-0.4, -0.2) is 27.8 Å². The molecule has 1 aromatic heterocycles. The minimum Gasteiger partial charge on any atom is -0.297 e. The number of piperidine rings is 1. The van der Waals surface area contributed by atoms with Crippen LogP contribution in [0.4, 0.5) is 0 Å². The van der Waals surface area contributed by atoms with Crippen LogP contribution in [0.3, 0.4) is 0 Å². The second kappa shape index (κ2) is 4.89. The Labute approximate surface area is 93.5 Å². The predicted octanol–water partition coefficient (Wildman–Crippen LogP) is 2.44. The first-order valence-electron chi connectivity index (χ1n) is 5.11. The molecule has 1 saturated heterocycles. The fraction of sp³-hybridized carbons (Fsp3) is 0.545. The SMILES string of the molecule is BrC1CCN(Cc2ccccn2)CC1. The van der Waals surface area contributed by atoms with Gasteiger partial charge in [0.1, 0.15) is 0 Å². The van der Waals surface area contributed by atoms with Gasteiger partial charge in [0.25, 0.3) is 0 Å². The van der Waals surface area contributed by atoms with Crippen molar-refractivity contribution >= 4 is 15.9 Å². The van der Waals surface area contributed by atoms with Gasteiger partial charge in [0, 0.05) is 17.6 Å². The Morgan fingerprint density at radius 3 is 2.79 bits per heavy atom. The summed E-state index contributed by atoms with van der Waals surface area (Å²) in [4.78, 5) is 7.54. The van der Waals surface area contributed by atoms with E-state index in [9.17, 15) is 0 Å². The van der Waals surface area contributed by atoms with Crippen molar-refractivity contribution in [2.75, 3.05) is 13.1 Å². The molecule has 0 bridgehead atoms. The van der Waals surface area contributed by atoms with Gasteiger partial charge in [-0.25, -0.2) is 0 Å². The van der Waals surface area contributed by atoms with Crippen LogP contribution in [0.15, 0.2) is 24.4 Å². The highest BCUT2D eigenvalue weighted by Gasteiger charge is 2.16. The van der Waals surface area contributed by atoms with Gasteiger partial charge < -0.3 is 0 Å². The topological polar surface area (TPSA) is 16.1 Å². The van der Waals surface area contributed by atoms with Crippen molar-refractivity contribution in [3.05, 3.63) is 30.1 Å². The molecule has 2 heterocycles. The van der Waals surface area contributed by atoms with Crippen LogP contribution in [0.5, 0.6) is 0 Å². The molecule has 0 spiro atoms. The molecule has 0 amide bonds. The van der Waals surface area contributed by atoms with Crippen molar-refractivity contribution in [1.29, 1.82) is 0 Å². The molecule has 0 unspecified atom stereocenters. The molecule has 1 aliphatic rings. The second-order valence-corrected chi connectivity index (χ2v) is 5.07. The van der Waals surface area contributed by atoms with E-state index in [0.29, 0.717) is 0 Å². The van der Waals surface area contributed by atoms with Crippen molar-refractivity contribution in [2.45, 2.75) is 24.2 Å². The zero-order valence-electron chi connectivity index (χ0n) is 8.19. The Kier molecular flexibility index (Phi) is 3.54. The molecule has 2 nitrogen and oxygen atoms in total. The number of halogens is 1. The van der Waals surface area contributed by atoms with Crippen molar-refractivity contribution in [3.63, 3.8) is 0 Å². The largest absolute Gasteiger partial charge is 0.297 e. The molecular weight excluding hydrogens is 240 g/mol. The van der Waals surface area contributed by atoms with E-state index in [1.54, 1.807) is 0 Å². The number of likely N-dealkylation sites (tertiary alicyclic amines) is 1. The van der Waals surface area contributed by atoms with E-state index in [2.05, 4.69) is 37.9 Å². The van der Waals surface area contributed by atoms with Crippen molar-refractivity contribution in [2.24, 2.45) is 0 Å². The summed E-state index contributed by atoms with van der Waals surface area (Å²) in [5.41, 5.74) is 1.18. The lowest BCUT2D eigenvalue weighted by atomic mass is 10.1. The van der Waals surface area contributed by atoms with Gasteiger partial charge in [0.05, 0.1) is 5.69 Å². The van der Waals surface area contributed by atoms with E-state index < -0.39 is 0 Å². The van der Waals surface area contributed by atoms with Crippen LogP contribution in [-0.2, 0) is 6.54 Å². The molecule has 0 aromatic carbocycles. The zero-order chi connectivity index (χ0) is 9.80. The van der Waals surface area contributed by atoms with Gasteiger partial charge in [-0.2, -0.15) is 0 Å². The average Bonchev–Trinajstić information content (AvgIpc) is 2.23. The molecule has 0 atom stereocenters. The third-order valence-electron chi connectivity index (χ3n) is 2.63. The van der Waals surface area contributed by atoms with E-state index in [0.717, 1.165) is 11.4 Å². The van der Waals surface area contributed by atoms with E-state index in [-0.39, 0.29) is 0 Å². The minimum absolute atomic E-state index is 0.725. The molecule has 0 radical (unpaired) electrons. The Bertz CT molecular complexity index is 268. The van der Waals surface area contributed by atoms with Crippen LogP contribution in [0.2, 0.25) is 0 Å². The highest BCUT2D eigenvalue weighted by atomic mass is 79.9. The van der Waals surface area contributed by atoms with Crippen molar-refractivity contribution in [1.82, 2.24) is 9.88 Å². The van der Waals surface area contributed by atoms with Crippen molar-refractivity contribution < 1.29 is 0 Å². The summed E-state index contributed by atoms with van der Waals surface area (Å²) in [5, 5.41) is 0. The second-order valence-electron chi connectivity index (χ2n) is 3.77. The fourth-order valence-corrected chi connectivity index (χ4v) is 2.19. The number of nitrogens with zero attached hydrogens (tertiary/aromatic N) is 2. The maximum Gasteiger partial charge on any atom is 0.0543 e. The smallest absolute Gasteiger partial charge is 0.0543 e. The van der Waals surface area contributed by atoms with Crippen LogP contribution in [0.1, 0.15) is 18.5 Å². The van der Waals surface area contributed by atoms with Crippen LogP contribution in [0.25, 0.3) is 0 Å². The first-order chi connectivity index (χ1) is 6.84. The number of rotatable bonds is 2. The van der Waals surface area contributed by atoms with E-state index >= 15 is 0 Å². The van der Waals surface area contributed by atoms with Gasteiger partial charge in [-0.1, -0.05) is 22.0 Å². The van der Waals surface area contributed by atoms with Gasteiger partial charge >= 0.3 is 0 Å². The standard InChI is InChI=1S/C11H15BrN2/c12-10-4-7-14(8-5-10)9-11-3-1-2-6-13-11/h1-3,6,10H,4-5,7-9H2. The molecule has 14 heavy (non-hydrogen) atoms. The number of alkyl halides is 1. The molecule has 0 saturated carbocycles. The number of pyridine rings is 1. The van der Waals surface area contributed by atoms with E-state index in [4.69, 9.17) is 0 Å². The van der Waals surface area contributed by atoms with Gasteiger partial charge in [-0.15, -0.1) is 0 Å². The quantitative estimate of drug-likeness (QED) is 0.754. The monoisotopic (exact) mass is 254 g/mol. The molecule has 1 fully saturated rings. The first-order valence-corrected chi connectivity index (χ1v) is 6.02. The van der Waals surface area contributed by atoms with Gasteiger partial charge in [-0.05, 0) is 38.1 Å². The Hall–Kier alpha value is -0.410. The van der Waals surface area contributed by atoms with Crippen LogP contribution in [0, 0.1) is 0 Å². The Morgan fingerprint density at radius 1 is 1.36 bits per heavy atom. The van der Waals surface area contributed by atoms with Gasteiger partial charge in [-0.3, -0.25) is 9.88 Å². The fourth-order valence-electron chi connectivity index (χ4n) is 1.78. The molecule has 1 aliphatic heterocycles. The first kappa shape index (κ1) is 10.1. The summed E-state index contributed by atoms with van der Waals surface area (Å²) >= 11 is 3.66. The number of aromatic nitrogens is 1. The summed E-state index contributed by atoms with van der Waals surface area (Å²) in [6.45, 7) is 3.37. The lowest BCUT2D eigenvalue weighted by molar-refractivity contribution is 0.224. The van der Waals surface area contributed by atoms with Gasteiger partial charge in [0.15, 0.2) is 0 Å². The molecule has 1 aromatic rings. The van der Waals surface area contributed by atoms with Crippen molar-refractivity contribution in [3.8, 4) is 0 Å². The normalized spacial score (nSPS) is 19.8. The third kappa shape index (κ3) is 2.79. The molecular formula is C11H15BrN2. The highest BCUT2D eigenvalue weighted by Crippen LogP contribution is 2.18. The molecule has 0 N–H and O–H groups in total. The molecule has 3 heteroatoms. The highest BCUT2D eigenvalue weighted by molar-refractivity contribution is 9.09. The maximum absolute atomic E-state index is 4.34. The average molecular weight is 255 g/mol. The minimum atomic E-state index is 0.725. The summed E-state index contributed by atoms with van der Waals surface area (Å²) in [6.07, 6.45) is 4.38. The maximum atomic E-state index is 4.34. The summed E-state index contributed by atoms with van der Waals surface area (Å²) in [6, 6.07) is 6.12. The zero-order valence-corrected chi connectivity index (χ0v) is 9.78. The lowest BCUT2D eigenvalue weighted by Gasteiger charge is -2.28. The van der Waals surface area contributed by atoms with Gasteiger partial charge in [0.2, 0.25) is 0 Å². The number of hydrogen-bond acceptors (Lipinski definition) is 2. The molecule has 2 rings (SSSR count). The van der Waals surface area contributed by atoms with E-state index in [1.807, 2.05) is 12.3 Å².